The summed E-state index contributed by atoms with van der Waals surface area (Å²) in [5.41, 5.74) is 3.33. The Morgan fingerprint density at radius 3 is 2.50 bits per heavy atom. The van der Waals surface area contributed by atoms with Crippen molar-refractivity contribution in [3.63, 3.8) is 0 Å². The van der Waals surface area contributed by atoms with Crippen LogP contribution in [-0.2, 0) is 16.1 Å². The Hall–Kier alpha value is -2.63. The van der Waals surface area contributed by atoms with E-state index in [0.717, 1.165) is 16.7 Å². The molecule has 3 N–H and O–H groups in total. The maximum absolute atomic E-state index is 13.1. The molecule has 6 heteroatoms. The SMILES string of the molecule is CC(=O)[C@@H](NC(=O)C1=C(C)N(N)Cc2c(Cl)cccc21)c1ccccc1. The summed E-state index contributed by atoms with van der Waals surface area (Å²) in [6.07, 6.45) is 0. The fraction of sp³-hybridized carbons (Fsp3) is 0.200. The van der Waals surface area contributed by atoms with Gasteiger partial charge in [0, 0.05) is 10.7 Å². The van der Waals surface area contributed by atoms with Crippen LogP contribution in [0.5, 0.6) is 0 Å². The van der Waals surface area contributed by atoms with E-state index < -0.39 is 6.04 Å². The van der Waals surface area contributed by atoms with Crippen LogP contribution in [0.3, 0.4) is 0 Å². The smallest absolute Gasteiger partial charge is 0.254 e. The zero-order valence-corrected chi connectivity index (χ0v) is 15.4. The summed E-state index contributed by atoms with van der Waals surface area (Å²) >= 11 is 6.29. The molecule has 1 atom stereocenters. The van der Waals surface area contributed by atoms with Crippen molar-refractivity contribution in [2.75, 3.05) is 0 Å². The van der Waals surface area contributed by atoms with Gasteiger partial charge in [-0.2, -0.15) is 0 Å². The van der Waals surface area contributed by atoms with Gasteiger partial charge in [0.05, 0.1) is 12.1 Å². The van der Waals surface area contributed by atoms with Gasteiger partial charge in [-0.3, -0.25) is 9.59 Å². The van der Waals surface area contributed by atoms with E-state index in [1.807, 2.05) is 36.4 Å². The molecule has 0 unspecified atom stereocenters. The summed E-state index contributed by atoms with van der Waals surface area (Å²) < 4.78 is 0. The summed E-state index contributed by atoms with van der Waals surface area (Å²) in [6, 6.07) is 13.8. The Morgan fingerprint density at radius 1 is 1.15 bits per heavy atom. The summed E-state index contributed by atoms with van der Waals surface area (Å²) in [5.74, 6) is 5.56. The van der Waals surface area contributed by atoms with Crippen molar-refractivity contribution >= 4 is 28.9 Å². The second kappa shape index (κ2) is 7.32. The fourth-order valence-corrected chi connectivity index (χ4v) is 3.37. The molecule has 0 saturated carbocycles. The van der Waals surface area contributed by atoms with Gasteiger partial charge in [-0.25, -0.2) is 5.84 Å². The molecule has 1 heterocycles. The zero-order valence-electron chi connectivity index (χ0n) is 14.6. The fourth-order valence-electron chi connectivity index (χ4n) is 3.14. The predicted molar refractivity (Wildman–Crippen MR) is 102 cm³/mol. The van der Waals surface area contributed by atoms with Crippen molar-refractivity contribution in [1.82, 2.24) is 10.3 Å². The van der Waals surface area contributed by atoms with E-state index in [9.17, 15) is 9.59 Å². The topological polar surface area (TPSA) is 75.4 Å². The minimum absolute atomic E-state index is 0.144. The van der Waals surface area contributed by atoms with Crippen LogP contribution in [0.15, 0.2) is 54.2 Å². The van der Waals surface area contributed by atoms with Gasteiger partial charge in [0.1, 0.15) is 6.04 Å². The van der Waals surface area contributed by atoms with Gasteiger partial charge in [0.15, 0.2) is 5.78 Å². The number of fused-ring (bicyclic) bond motifs is 1. The monoisotopic (exact) mass is 369 g/mol. The molecule has 1 aliphatic heterocycles. The number of nitrogens with one attached hydrogen (secondary N) is 1. The molecule has 0 saturated heterocycles. The third-order valence-corrected chi connectivity index (χ3v) is 4.91. The first-order valence-corrected chi connectivity index (χ1v) is 8.65. The van der Waals surface area contributed by atoms with Gasteiger partial charge in [0.25, 0.3) is 5.91 Å². The van der Waals surface area contributed by atoms with Crippen molar-refractivity contribution in [2.45, 2.75) is 26.4 Å². The van der Waals surface area contributed by atoms with Crippen LogP contribution in [0.1, 0.15) is 36.6 Å². The third-order valence-electron chi connectivity index (χ3n) is 4.55. The van der Waals surface area contributed by atoms with Crippen molar-refractivity contribution < 1.29 is 9.59 Å². The van der Waals surface area contributed by atoms with Crippen LogP contribution < -0.4 is 11.2 Å². The van der Waals surface area contributed by atoms with Crippen LogP contribution in [0, 0.1) is 0 Å². The molecule has 0 aromatic heterocycles. The molecule has 3 rings (SSSR count). The lowest BCUT2D eigenvalue weighted by Crippen LogP contribution is -2.39. The number of carbonyl (C=O) groups is 2. The van der Waals surface area contributed by atoms with Crippen molar-refractivity contribution in [3.05, 3.63) is 75.9 Å². The van der Waals surface area contributed by atoms with Crippen molar-refractivity contribution in [2.24, 2.45) is 5.84 Å². The van der Waals surface area contributed by atoms with Gasteiger partial charge in [0.2, 0.25) is 0 Å². The molecule has 1 amide bonds. The first kappa shape index (κ1) is 18.2. The van der Waals surface area contributed by atoms with Gasteiger partial charge in [-0.15, -0.1) is 0 Å². The number of nitrogens with two attached hydrogens (primary N) is 1. The van der Waals surface area contributed by atoms with Crippen LogP contribution in [-0.4, -0.2) is 16.7 Å². The number of amides is 1. The van der Waals surface area contributed by atoms with Crippen molar-refractivity contribution in [3.8, 4) is 0 Å². The van der Waals surface area contributed by atoms with E-state index in [1.165, 1.54) is 11.9 Å². The Balaban J connectivity index is 1.99. The molecule has 26 heavy (non-hydrogen) atoms. The first-order chi connectivity index (χ1) is 12.4. The third kappa shape index (κ3) is 3.36. The Labute approximate surface area is 157 Å². The lowest BCUT2D eigenvalue weighted by atomic mass is 9.93. The van der Waals surface area contributed by atoms with E-state index in [-0.39, 0.29) is 11.7 Å². The Morgan fingerprint density at radius 2 is 1.85 bits per heavy atom. The molecule has 0 radical (unpaired) electrons. The molecule has 0 spiro atoms. The van der Waals surface area contributed by atoms with E-state index in [4.69, 9.17) is 17.4 Å². The minimum Gasteiger partial charge on any atom is -0.338 e. The van der Waals surface area contributed by atoms with E-state index in [0.29, 0.717) is 22.8 Å². The molecule has 5 nitrogen and oxygen atoms in total. The van der Waals surface area contributed by atoms with Gasteiger partial charge < -0.3 is 10.3 Å². The molecule has 2 aromatic carbocycles. The highest BCUT2D eigenvalue weighted by Crippen LogP contribution is 2.34. The average Bonchev–Trinajstić information content (AvgIpc) is 2.62. The van der Waals surface area contributed by atoms with Crippen LogP contribution >= 0.6 is 11.6 Å². The van der Waals surface area contributed by atoms with Gasteiger partial charge in [-0.1, -0.05) is 54.1 Å². The number of benzene rings is 2. The number of hydrazine groups is 1. The number of halogens is 1. The number of carbonyl (C=O) groups excluding carboxylic acids is 2. The average molecular weight is 370 g/mol. The number of nitrogens with zero attached hydrogens (tertiary/aromatic N) is 1. The van der Waals surface area contributed by atoms with Gasteiger partial charge in [-0.05, 0) is 36.6 Å². The predicted octanol–water partition coefficient (Wildman–Crippen LogP) is 3.21. The molecule has 0 bridgehead atoms. The van der Waals surface area contributed by atoms with E-state index >= 15 is 0 Å². The molecule has 0 aliphatic carbocycles. The van der Waals surface area contributed by atoms with Crippen molar-refractivity contribution in [1.29, 1.82) is 0 Å². The van der Waals surface area contributed by atoms with Crippen LogP contribution in [0.4, 0.5) is 0 Å². The lowest BCUT2D eigenvalue weighted by molar-refractivity contribution is -0.124. The maximum Gasteiger partial charge on any atom is 0.254 e. The number of ketones is 1. The number of hydrogen-bond donors (Lipinski definition) is 2. The molecule has 2 aromatic rings. The summed E-state index contributed by atoms with van der Waals surface area (Å²) in [7, 11) is 0. The highest BCUT2D eigenvalue weighted by Gasteiger charge is 2.29. The van der Waals surface area contributed by atoms with Gasteiger partial charge >= 0.3 is 0 Å². The lowest BCUT2D eigenvalue weighted by Gasteiger charge is -2.30. The number of rotatable bonds is 4. The number of allylic oxidation sites excluding steroid dienone is 1. The van der Waals surface area contributed by atoms with E-state index in [1.54, 1.807) is 19.1 Å². The Kier molecular flexibility index (Phi) is 5.11. The first-order valence-electron chi connectivity index (χ1n) is 8.27. The highest BCUT2D eigenvalue weighted by molar-refractivity contribution is 6.32. The molecule has 134 valence electrons. The molecular formula is C20H20ClN3O2. The number of hydrogen-bond acceptors (Lipinski definition) is 4. The summed E-state index contributed by atoms with van der Waals surface area (Å²) in [5, 5.41) is 4.89. The second-order valence-corrected chi connectivity index (χ2v) is 6.69. The van der Waals surface area contributed by atoms with Crippen LogP contribution in [0.2, 0.25) is 5.02 Å². The maximum atomic E-state index is 13.1. The summed E-state index contributed by atoms with van der Waals surface area (Å²) in [4.78, 5) is 25.2. The largest absolute Gasteiger partial charge is 0.338 e. The standard InChI is InChI=1S/C20H20ClN3O2/c1-12-18(15-9-6-10-17(21)16(15)11-24(12)22)20(26)23-19(13(2)25)14-7-4-3-5-8-14/h3-10,19H,11,22H2,1-2H3,(H,23,26)/t19-/m1/s1. The van der Waals surface area contributed by atoms with E-state index in [2.05, 4.69) is 5.32 Å². The number of Topliss-reactive ketones (excluding diaryl/α,β-unsaturated/α-hetero) is 1. The minimum atomic E-state index is -0.722. The summed E-state index contributed by atoms with van der Waals surface area (Å²) in [6.45, 7) is 3.66. The molecule has 1 aliphatic rings. The quantitative estimate of drug-likeness (QED) is 0.811. The highest BCUT2D eigenvalue weighted by atomic mass is 35.5. The molecular weight excluding hydrogens is 350 g/mol. The Bertz CT molecular complexity index is 893. The van der Waals surface area contributed by atoms with Crippen LogP contribution in [0.25, 0.3) is 5.57 Å². The molecule has 0 fully saturated rings. The second-order valence-electron chi connectivity index (χ2n) is 6.28. The normalized spacial score (nSPS) is 14.7. The zero-order chi connectivity index (χ0) is 18.8.